The van der Waals surface area contributed by atoms with E-state index in [1.165, 1.54) is 0 Å². The van der Waals surface area contributed by atoms with Crippen molar-refractivity contribution in [3.63, 3.8) is 0 Å². The first kappa shape index (κ1) is 16.0. The van der Waals surface area contributed by atoms with Gasteiger partial charge in [-0.15, -0.1) is 0 Å². The zero-order chi connectivity index (χ0) is 17.2. The van der Waals surface area contributed by atoms with Crippen LogP contribution in [-0.4, -0.2) is 10.1 Å². The Bertz CT molecular complexity index is 1030. The predicted octanol–water partition coefficient (Wildman–Crippen LogP) is 4.89. The molecule has 0 saturated heterocycles. The number of hydrogen-bond donors (Lipinski definition) is 1. The molecular weight excluding hydrogens is 378 g/mol. The fourth-order valence-electron chi connectivity index (χ4n) is 3.01. The van der Waals surface area contributed by atoms with Crippen molar-refractivity contribution >= 4 is 26.9 Å². The van der Waals surface area contributed by atoms with Crippen molar-refractivity contribution in [1.82, 2.24) is 10.1 Å². The normalized spacial score (nSPS) is 12.4. The van der Waals surface area contributed by atoms with Crippen molar-refractivity contribution in [3.05, 3.63) is 82.6 Å². The second-order valence-corrected chi connectivity index (χ2v) is 6.81. The lowest BCUT2D eigenvalue weighted by Gasteiger charge is -2.15. The standard InChI is InChI=1S/C20H16BrN3O/c21-13-9-10-23-14(11-13)12-18(22)15-5-1-2-6-16(15)20-17-7-3-4-8-19(17)25-24-20/h1-11,18H,12,22H2. The molecule has 0 saturated carbocycles. The van der Waals surface area contributed by atoms with E-state index < -0.39 is 0 Å². The number of halogens is 1. The zero-order valence-electron chi connectivity index (χ0n) is 13.4. The molecular formula is C20H16BrN3O. The summed E-state index contributed by atoms with van der Waals surface area (Å²) >= 11 is 3.48. The fourth-order valence-corrected chi connectivity index (χ4v) is 3.39. The Hall–Kier alpha value is -2.50. The Morgan fingerprint density at radius 2 is 1.84 bits per heavy atom. The van der Waals surface area contributed by atoms with E-state index in [2.05, 4.69) is 26.1 Å². The van der Waals surface area contributed by atoms with E-state index in [0.29, 0.717) is 6.42 Å². The van der Waals surface area contributed by atoms with Crippen LogP contribution in [-0.2, 0) is 6.42 Å². The Balaban J connectivity index is 1.74. The summed E-state index contributed by atoms with van der Waals surface area (Å²) in [4.78, 5) is 4.40. The molecule has 0 bridgehead atoms. The molecule has 2 heterocycles. The highest BCUT2D eigenvalue weighted by Gasteiger charge is 2.18. The molecule has 4 nitrogen and oxygen atoms in total. The highest BCUT2D eigenvalue weighted by Crippen LogP contribution is 2.33. The van der Waals surface area contributed by atoms with Crippen LogP contribution in [0.5, 0.6) is 0 Å². The lowest BCUT2D eigenvalue weighted by atomic mass is 9.94. The summed E-state index contributed by atoms with van der Waals surface area (Å²) in [7, 11) is 0. The Morgan fingerprint density at radius 1 is 1.04 bits per heavy atom. The molecule has 0 fully saturated rings. The van der Waals surface area contributed by atoms with Gasteiger partial charge in [0.25, 0.3) is 0 Å². The van der Waals surface area contributed by atoms with Crippen LogP contribution >= 0.6 is 15.9 Å². The monoisotopic (exact) mass is 393 g/mol. The molecule has 2 N–H and O–H groups in total. The average molecular weight is 394 g/mol. The third-order valence-corrected chi connectivity index (χ3v) is 4.69. The first-order chi connectivity index (χ1) is 12.2. The van der Waals surface area contributed by atoms with Crippen LogP contribution in [0.25, 0.3) is 22.2 Å². The molecule has 0 radical (unpaired) electrons. The van der Waals surface area contributed by atoms with Crippen LogP contribution in [0.4, 0.5) is 0 Å². The summed E-state index contributed by atoms with van der Waals surface area (Å²) < 4.78 is 6.46. The number of aromatic nitrogens is 2. The Morgan fingerprint density at radius 3 is 2.72 bits per heavy atom. The van der Waals surface area contributed by atoms with Crippen molar-refractivity contribution in [2.24, 2.45) is 5.73 Å². The molecule has 4 rings (SSSR count). The number of fused-ring (bicyclic) bond motifs is 1. The molecule has 1 unspecified atom stereocenters. The molecule has 0 aliphatic rings. The topological polar surface area (TPSA) is 64.9 Å². The van der Waals surface area contributed by atoms with Crippen molar-refractivity contribution in [2.75, 3.05) is 0 Å². The quantitative estimate of drug-likeness (QED) is 0.535. The summed E-state index contributed by atoms with van der Waals surface area (Å²) in [6.07, 6.45) is 2.43. The number of benzene rings is 2. The van der Waals surface area contributed by atoms with E-state index in [4.69, 9.17) is 10.3 Å². The van der Waals surface area contributed by atoms with E-state index in [9.17, 15) is 0 Å². The molecule has 0 amide bonds. The van der Waals surface area contributed by atoms with Crippen molar-refractivity contribution < 1.29 is 4.52 Å². The van der Waals surface area contributed by atoms with Crippen LogP contribution in [0, 0.1) is 0 Å². The SMILES string of the molecule is NC(Cc1cc(Br)ccn1)c1ccccc1-c1noc2ccccc12. The van der Waals surface area contributed by atoms with E-state index in [-0.39, 0.29) is 6.04 Å². The molecule has 124 valence electrons. The van der Waals surface area contributed by atoms with Crippen LogP contribution < -0.4 is 5.73 Å². The van der Waals surface area contributed by atoms with Gasteiger partial charge in [-0.1, -0.05) is 57.5 Å². The summed E-state index contributed by atoms with van der Waals surface area (Å²) in [5.74, 6) is 0. The van der Waals surface area contributed by atoms with E-state index in [1.54, 1.807) is 6.20 Å². The summed E-state index contributed by atoms with van der Waals surface area (Å²) in [6, 6.07) is 19.6. The van der Waals surface area contributed by atoms with E-state index in [0.717, 1.165) is 38.0 Å². The summed E-state index contributed by atoms with van der Waals surface area (Å²) in [5.41, 5.74) is 11.1. The van der Waals surface area contributed by atoms with E-state index in [1.807, 2.05) is 60.7 Å². The maximum atomic E-state index is 6.51. The number of para-hydroxylation sites is 1. The van der Waals surface area contributed by atoms with Gasteiger partial charge in [0.2, 0.25) is 0 Å². The third-order valence-electron chi connectivity index (χ3n) is 4.20. The van der Waals surface area contributed by atoms with Gasteiger partial charge in [0, 0.05) is 39.8 Å². The number of pyridine rings is 1. The fraction of sp³-hybridized carbons (Fsp3) is 0.100. The van der Waals surface area contributed by atoms with Gasteiger partial charge in [-0.3, -0.25) is 4.98 Å². The van der Waals surface area contributed by atoms with Gasteiger partial charge in [-0.2, -0.15) is 0 Å². The van der Waals surface area contributed by atoms with Crippen molar-refractivity contribution in [1.29, 1.82) is 0 Å². The maximum absolute atomic E-state index is 6.51. The third kappa shape index (κ3) is 3.21. The molecule has 2 aromatic heterocycles. The van der Waals surface area contributed by atoms with Gasteiger partial charge < -0.3 is 10.3 Å². The summed E-state index contributed by atoms with van der Waals surface area (Å²) in [5, 5.41) is 5.26. The zero-order valence-corrected chi connectivity index (χ0v) is 15.0. The lowest BCUT2D eigenvalue weighted by Crippen LogP contribution is -2.15. The minimum absolute atomic E-state index is 0.187. The minimum atomic E-state index is -0.187. The van der Waals surface area contributed by atoms with Crippen LogP contribution in [0.1, 0.15) is 17.3 Å². The average Bonchev–Trinajstić information content (AvgIpc) is 3.06. The van der Waals surface area contributed by atoms with Gasteiger partial charge in [0.15, 0.2) is 5.58 Å². The molecule has 2 aromatic carbocycles. The van der Waals surface area contributed by atoms with Crippen LogP contribution in [0.15, 0.2) is 75.9 Å². The van der Waals surface area contributed by atoms with Gasteiger partial charge in [0.1, 0.15) is 5.69 Å². The highest BCUT2D eigenvalue weighted by atomic mass is 79.9. The molecule has 0 spiro atoms. The molecule has 0 aliphatic carbocycles. The molecule has 5 heteroatoms. The molecule has 0 aliphatic heterocycles. The second-order valence-electron chi connectivity index (χ2n) is 5.89. The first-order valence-corrected chi connectivity index (χ1v) is 8.81. The number of nitrogens with zero attached hydrogens (tertiary/aromatic N) is 2. The van der Waals surface area contributed by atoms with Gasteiger partial charge in [0.05, 0.1) is 0 Å². The lowest BCUT2D eigenvalue weighted by molar-refractivity contribution is 0.459. The predicted molar refractivity (Wildman–Crippen MR) is 102 cm³/mol. The number of rotatable bonds is 4. The summed E-state index contributed by atoms with van der Waals surface area (Å²) in [6.45, 7) is 0. The van der Waals surface area contributed by atoms with Crippen LogP contribution in [0.2, 0.25) is 0 Å². The molecule has 1 atom stereocenters. The molecule has 4 aromatic rings. The van der Waals surface area contributed by atoms with Gasteiger partial charge in [-0.25, -0.2) is 0 Å². The second kappa shape index (κ2) is 6.78. The smallest absolute Gasteiger partial charge is 0.167 e. The van der Waals surface area contributed by atoms with Crippen LogP contribution in [0.3, 0.4) is 0 Å². The highest BCUT2D eigenvalue weighted by molar-refractivity contribution is 9.10. The largest absolute Gasteiger partial charge is 0.356 e. The Kier molecular flexibility index (Phi) is 4.34. The van der Waals surface area contributed by atoms with Crippen molar-refractivity contribution in [2.45, 2.75) is 12.5 Å². The van der Waals surface area contributed by atoms with Gasteiger partial charge in [-0.05, 0) is 29.8 Å². The van der Waals surface area contributed by atoms with Gasteiger partial charge >= 0.3 is 0 Å². The van der Waals surface area contributed by atoms with Crippen molar-refractivity contribution in [3.8, 4) is 11.3 Å². The van der Waals surface area contributed by atoms with E-state index >= 15 is 0 Å². The Labute approximate surface area is 153 Å². The minimum Gasteiger partial charge on any atom is -0.356 e. The number of nitrogens with two attached hydrogens (primary N) is 1. The first-order valence-electron chi connectivity index (χ1n) is 8.02. The maximum Gasteiger partial charge on any atom is 0.167 e. The molecule has 25 heavy (non-hydrogen) atoms. The number of hydrogen-bond acceptors (Lipinski definition) is 4.